The van der Waals surface area contributed by atoms with Crippen LogP contribution in [-0.4, -0.2) is 0 Å². The lowest BCUT2D eigenvalue weighted by atomic mass is 9.83. The van der Waals surface area contributed by atoms with Crippen LogP contribution in [0.25, 0.3) is 134 Å². The molecule has 0 amide bonds. The first kappa shape index (κ1) is 36.6. The first-order chi connectivity index (χ1) is 49.9. The number of benzene rings is 13. The van der Waals surface area contributed by atoms with Crippen LogP contribution in [0.15, 0.2) is 291 Å². The summed E-state index contributed by atoms with van der Waals surface area (Å²) in [5.74, 6) is 0. The molecule has 0 saturated carbocycles. The zero-order valence-electron chi connectivity index (χ0n) is 65.2. The molecule has 0 aromatic heterocycles. The number of rotatable bonds is 12. The van der Waals surface area contributed by atoms with Crippen LogP contribution >= 0.6 is 0 Å². The summed E-state index contributed by atoms with van der Waals surface area (Å²) in [5, 5.41) is 0. The van der Waals surface area contributed by atoms with E-state index in [0.717, 1.165) is 100 Å². The molecule has 0 heteroatoms. The van der Waals surface area contributed by atoms with E-state index >= 15 is 0 Å². The Morgan fingerprint density at radius 1 is 0.149 bits per heavy atom. The minimum atomic E-state index is -2.89. The van der Waals surface area contributed by atoms with Gasteiger partial charge < -0.3 is 0 Å². The highest BCUT2D eigenvalue weighted by Crippen LogP contribution is 2.48. The van der Waals surface area contributed by atoms with Crippen molar-refractivity contribution >= 4 is 0 Å². The van der Waals surface area contributed by atoms with E-state index in [4.69, 9.17) is 24.7 Å². The fraction of sp³-hybridized carbons (Fsp3) is 0.103. The van der Waals surface area contributed by atoms with Gasteiger partial charge in [0.2, 0.25) is 0 Å². The molecule has 0 aliphatic heterocycles. The Morgan fingerprint density at radius 2 is 0.391 bits per heavy atom. The summed E-state index contributed by atoms with van der Waals surface area (Å²) in [7, 11) is 0. The molecule has 3 aliphatic carbocycles. The smallest absolute Gasteiger partial charge is 0.0316 e. The van der Waals surface area contributed by atoms with Crippen molar-refractivity contribution in [1.82, 2.24) is 0 Å². The predicted molar refractivity (Wildman–Crippen MR) is 368 cm³/mol. The van der Waals surface area contributed by atoms with Crippen LogP contribution in [0.1, 0.15) is 77.2 Å². The normalized spacial score (nSPS) is 21.4. The Labute approximate surface area is 538 Å². The topological polar surface area (TPSA) is 0 Å². The van der Waals surface area contributed by atoms with Crippen LogP contribution in [0.2, 0.25) is 0 Å². The molecular weight excluding hydrogens is 1040 g/mol. The van der Waals surface area contributed by atoms with Gasteiger partial charge in [-0.05, 0) is 261 Å². The molecular formula is C87H66. The second kappa shape index (κ2) is 22.7. The number of hydrogen-bond acceptors (Lipinski definition) is 0. The van der Waals surface area contributed by atoms with Crippen molar-refractivity contribution in [2.24, 2.45) is 0 Å². The highest BCUT2D eigenvalue weighted by Gasteiger charge is 2.23. The quantitative estimate of drug-likeness (QED) is 0.114. The second-order valence-corrected chi connectivity index (χ2v) is 22.2. The van der Waals surface area contributed by atoms with Crippen molar-refractivity contribution < 1.29 is 24.7 Å². The van der Waals surface area contributed by atoms with Gasteiger partial charge in [-0.1, -0.05) is 255 Å². The SMILES string of the molecule is [2H]C1([2H])c2ccc(-c3cc(-c4ccccc4)ccc3-c3ccccc3-c3cc(-c4ccccc4-c4ccc(-c5ccccc5)cc4-c4ccc5c(c4)C([2H])([2H])C([2H])([2H])C5([2H])[2H])cc(-c4ccccc4-c4ccc(-c5ccccc5)cc4-c4ccc5c(c4)C([2H])([2H])C([2H])([2H])C5([2H])[2H])c3)cc2C([2H])([2H])C1([2H])[2H]. The summed E-state index contributed by atoms with van der Waals surface area (Å²) in [4.78, 5) is 0. The van der Waals surface area contributed by atoms with Crippen LogP contribution in [0.4, 0.5) is 0 Å². The summed E-state index contributed by atoms with van der Waals surface area (Å²) < 4.78 is 161. The highest BCUT2D eigenvalue weighted by molar-refractivity contribution is 6.01. The fourth-order valence-corrected chi connectivity index (χ4v) is 12.8. The Balaban J connectivity index is 0.944. The minimum absolute atomic E-state index is 0.0571. The molecule has 0 N–H and O–H groups in total. The summed E-state index contributed by atoms with van der Waals surface area (Å²) in [6, 6.07) is 92.7. The largest absolute Gasteiger partial charge is 0.0622 e. The first-order valence-electron chi connectivity index (χ1n) is 38.4. The molecule has 0 bridgehead atoms. The van der Waals surface area contributed by atoms with Crippen LogP contribution < -0.4 is 0 Å². The van der Waals surface area contributed by atoms with Crippen molar-refractivity contribution in [3.05, 3.63) is 325 Å². The molecule has 13 aromatic rings. The van der Waals surface area contributed by atoms with E-state index in [1.165, 1.54) is 18.2 Å². The maximum absolute atomic E-state index is 9.16. The molecule has 16 rings (SSSR count). The van der Waals surface area contributed by atoms with Gasteiger partial charge in [-0.15, -0.1) is 0 Å². The van der Waals surface area contributed by atoms with Gasteiger partial charge in [0, 0.05) is 24.7 Å². The summed E-state index contributed by atoms with van der Waals surface area (Å²) in [6.07, 6.45) is -24.7. The molecule has 0 fully saturated rings. The van der Waals surface area contributed by atoms with Gasteiger partial charge in [0.25, 0.3) is 0 Å². The Hall–Kier alpha value is -10.1. The third kappa shape index (κ3) is 10.1. The third-order valence-electron chi connectivity index (χ3n) is 17.1. The molecule has 0 saturated heterocycles. The molecule has 87 heavy (non-hydrogen) atoms. The lowest BCUT2D eigenvalue weighted by Crippen LogP contribution is -1.95. The second-order valence-electron chi connectivity index (χ2n) is 22.2. The zero-order chi connectivity index (χ0) is 73.8. The minimum Gasteiger partial charge on any atom is -0.0622 e. The Morgan fingerprint density at radius 3 is 0.690 bits per heavy atom. The molecule has 0 spiro atoms. The van der Waals surface area contributed by atoms with Crippen LogP contribution in [0, 0.1) is 0 Å². The van der Waals surface area contributed by atoms with Crippen molar-refractivity contribution in [2.75, 3.05) is 0 Å². The van der Waals surface area contributed by atoms with Gasteiger partial charge >= 0.3 is 0 Å². The molecule has 13 aromatic carbocycles. The molecule has 0 nitrogen and oxygen atoms in total. The number of fused-ring (bicyclic) bond motifs is 3. The predicted octanol–water partition coefficient (Wildman–Crippen LogP) is 23.2. The van der Waals surface area contributed by atoms with Crippen molar-refractivity contribution in [2.45, 2.75) is 57.4 Å². The summed E-state index contributed by atoms with van der Waals surface area (Å²) >= 11 is 0. The molecule has 0 radical (unpaired) electrons. The maximum Gasteiger partial charge on any atom is 0.0316 e. The van der Waals surface area contributed by atoms with Gasteiger partial charge in [-0.2, -0.15) is 0 Å². The van der Waals surface area contributed by atoms with Gasteiger partial charge in [0.05, 0.1) is 0 Å². The molecule has 414 valence electrons. The van der Waals surface area contributed by atoms with Gasteiger partial charge in [0.15, 0.2) is 0 Å². The Kier molecular flexibility index (Phi) is 9.56. The first-order valence-corrected chi connectivity index (χ1v) is 29.4. The van der Waals surface area contributed by atoms with E-state index in [2.05, 4.69) is 18.2 Å². The van der Waals surface area contributed by atoms with E-state index in [1.807, 2.05) is 218 Å². The average Bonchev–Trinajstić information content (AvgIpc) is 1.55. The third-order valence-corrected chi connectivity index (χ3v) is 17.1. The van der Waals surface area contributed by atoms with E-state index in [1.54, 1.807) is 36.4 Å². The molecule has 0 heterocycles. The Bertz CT molecular complexity index is 5100. The van der Waals surface area contributed by atoms with Crippen molar-refractivity contribution in [3.8, 4) is 134 Å². The van der Waals surface area contributed by atoms with Gasteiger partial charge in [-0.25, -0.2) is 0 Å². The van der Waals surface area contributed by atoms with E-state index in [0.29, 0.717) is 33.4 Å². The zero-order valence-corrected chi connectivity index (χ0v) is 47.2. The fourth-order valence-electron chi connectivity index (χ4n) is 12.8. The maximum atomic E-state index is 9.16. The van der Waals surface area contributed by atoms with E-state index in [-0.39, 0.29) is 33.4 Å². The van der Waals surface area contributed by atoms with Crippen LogP contribution in [0.5, 0.6) is 0 Å². The van der Waals surface area contributed by atoms with Crippen LogP contribution in [0.3, 0.4) is 0 Å². The lowest BCUT2D eigenvalue weighted by molar-refractivity contribution is 0.912. The van der Waals surface area contributed by atoms with E-state index in [9.17, 15) is 0 Å². The molecule has 0 atom stereocenters. The van der Waals surface area contributed by atoms with Crippen LogP contribution in [-0.2, 0) is 38.2 Å². The van der Waals surface area contributed by atoms with Crippen molar-refractivity contribution in [1.29, 1.82) is 0 Å². The standard InChI is InChI=1S/C87H66/c1-4-19-58(20-5-1)67-43-46-82(85(55-67)70-40-37-61-25-16-28-64(61)49-70)79-34-13-10-31-76(79)73-52-74(77-32-11-14-35-80(77)83-47-44-68(59-21-6-2-7-22-59)56-86(83)71-41-38-62-26-17-29-65(62)50-71)54-75(53-73)78-33-12-15-36-81(78)84-48-45-69(60-23-8-3-9-24-60)57-87(84)72-42-39-63-27-18-30-66(63)51-72/h1-15,19-24,31-57H,16-18,25-30H2/i16D2,17D2,18D2,25D2,26D2,27D2,28D2,29D2,30D2. The lowest BCUT2D eigenvalue weighted by Gasteiger charge is -2.21. The summed E-state index contributed by atoms with van der Waals surface area (Å²) in [5.41, 5.74) is 17.8. The van der Waals surface area contributed by atoms with E-state index < -0.39 is 57.4 Å². The highest BCUT2D eigenvalue weighted by atomic mass is 14.3. The number of hydrogen-bond donors (Lipinski definition) is 0. The van der Waals surface area contributed by atoms with Crippen molar-refractivity contribution in [3.63, 3.8) is 0 Å². The number of aryl methyl sites for hydroxylation is 6. The molecule has 3 aliphatic rings. The molecule has 0 unspecified atom stereocenters. The monoisotopic (exact) mass is 1130 g/mol. The summed E-state index contributed by atoms with van der Waals surface area (Å²) in [6.45, 7) is 0. The van der Waals surface area contributed by atoms with Gasteiger partial charge in [0.1, 0.15) is 0 Å². The van der Waals surface area contributed by atoms with Gasteiger partial charge in [-0.3, -0.25) is 0 Å². The average molecular weight is 1130 g/mol.